The summed E-state index contributed by atoms with van der Waals surface area (Å²) < 4.78 is 5.50. The normalized spacial score (nSPS) is 13.1. The molecule has 2 rings (SSSR count). The number of hydrogen-bond donors (Lipinski definition) is 1. The third-order valence-corrected chi connectivity index (χ3v) is 5.21. The minimum atomic E-state index is -0.352. The number of phenolic OH excluding ortho intramolecular Hbond substituents is 1. The third-order valence-electron chi connectivity index (χ3n) is 5.21. The lowest BCUT2D eigenvalue weighted by atomic mass is 9.77. The second-order valence-corrected chi connectivity index (χ2v) is 7.73. The maximum absolute atomic E-state index is 11.0. The Morgan fingerprint density at radius 3 is 2.48 bits per heavy atom. The van der Waals surface area contributed by atoms with E-state index in [0.717, 1.165) is 23.3 Å². The van der Waals surface area contributed by atoms with Crippen LogP contribution in [0.2, 0.25) is 0 Å². The molecule has 0 aliphatic rings. The smallest absolute Gasteiger partial charge is 0.128 e. The van der Waals surface area contributed by atoms with Gasteiger partial charge in [-0.25, -0.2) is 0 Å². The zero-order valence-corrected chi connectivity index (χ0v) is 17.3. The topological polar surface area (TPSA) is 41.8 Å². The van der Waals surface area contributed by atoms with Crippen LogP contribution in [0.3, 0.4) is 0 Å². The van der Waals surface area contributed by atoms with Crippen LogP contribution in [-0.2, 0) is 5.41 Å². The average molecular weight is 368 g/mol. The number of aromatic hydroxyl groups is 1. The molecule has 0 saturated carbocycles. The van der Waals surface area contributed by atoms with Gasteiger partial charge in [0.25, 0.3) is 0 Å². The van der Waals surface area contributed by atoms with Crippen molar-refractivity contribution in [2.75, 3.05) is 7.11 Å². The second kappa shape index (κ2) is 9.59. The first-order chi connectivity index (χ1) is 12.9. The van der Waals surface area contributed by atoms with Crippen LogP contribution in [-0.4, -0.2) is 24.5 Å². The Kier molecular flexibility index (Phi) is 7.46. The van der Waals surface area contributed by atoms with Crippen molar-refractivity contribution in [3.63, 3.8) is 0 Å². The van der Waals surface area contributed by atoms with Crippen LogP contribution in [0.15, 0.2) is 47.5 Å². The summed E-state index contributed by atoms with van der Waals surface area (Å²) in [6, 6.07) is 14.2. The maximum atomic E-state index is 11.0. The fraction of sp³-hybridized carbons (Fsp3) is 0.458. The quantitative estimate of drug-likeness (QED) is 0.429. The Labute approximate surface area is 164 Å². The van der Waals surface area contributed by atoms with Crippen molar-refractivity contribution >= 4 is 6.21 Å². The van der Waals surface area contributed by atoms with Gasteiger partial charge in [-0.1, -0.05) is 70.4 Å². The van der Waals surface area contributed by atoms with Gasteiger partial charge in [0.05, 0.1) is 7.11 Å². The van der Waals surface area contributed by atoms with Crippen molar-refractivity contribution < 1.29 is 9.84 Å². The molecule has 0 spiro atoms. The van der Waals surface area contributed by atoms with Crippen LogP contribution >= 0.6 is 0 Å². The lowest BCUT2D eigenvalue weighted by Gasteiger charge is -2.28. The number of ether oxygens (including phenoxy) is 1. The molecule has 146 valence electrons. The summed E-state index contributed by atoms with van der Waals surface area (Å²) in [6.07, 6.45) is 6.49. The zero-order chi connectivity index (χ0) is 19.9. The largest absolute Gasteiger partial charge is 0.507 e. The van der Waals surface area contributed by atoms with Crippen molar-refractivity contribution in [2.45, 2.75) is 64.8 Å². The molecule has 0 radical (unpaired) electrons. The van der Waals surface area contributed by atoms with Gasteiger partial charge in [0.1, 0.15) is 11.5 Å². The number of hydrogen-bond acceptors (Lipinski definition) is 3. The molecule has 0 fully saturated rings. The molecule has 0 aliphatic carbocycles. The lowest BCUT2D eigenvalue weighted by Crippen LogP contribution is -2.19. The number of rotatable bonds is 9. The first kappa shape index (κ1) is 21.0. The number of unbranched alkanes of at least 4 members (excludes halogenated alkanes) is 2. The molecule has 0 aromatic heterocycles. The Bertz CT molecular complexity index is 750. The second-order valence-electron chi connectivity index (χ2n) is 7.73. The number of phenols is 1. The maximum Gasteiger partial charge on any atom is 0.128 e. The minimum Gasteiger partial charge on any atom is -0.507 e. The van der Waals surface area contributed by atoms with E-state index in [9.17, 15) is 5.11 Å². The summed E-state index contributed by atoms with van der Waals surface area (Å²) in [6.45, 7) is 8.56. The third kappa shape index (κ3) is 5.35. The van der Waals surface area contributed by atoms with Crippen molar-refractivity contribution in [2.24, 2.45) is 4.99 Å². The van der Waals surface area contributed by atoms with Gasteiger partial charge in [0.2, 0.25) is 0 Å². The van der Waals surface area contributed by atoms with E-state index >= 15 is 0 Å². The molecule has 0 bridgehead atoms. The van der Waals surface area contributed by atoms with E-state index in [1.54, 1.807) is 13.3 Å². The first-order valence-electron chi connectivity index (χ1n) is 9.90. The van der Waals surface area contributed by atoms with Gasteiger partial charge in [0.15, 0.2) is 0 Å². The summed E-state index contributed by atoms with van der Waals surface area (Å²) >= 11 is 0. The SMILES string of the molecule is CCCCCC(C)N=Cc1cc(OC)cc(C(C)(C)c2ccccc2)c1O. The molecule has 0 saturated heterocycles. The van der Waals surface area contributed by atoms with Gasteiger partial charge in [0, 0.05) is 28.8 Å². The highest BCUT2D eigenvalue weighted by Gasteiger charge is 2.28. The highest BCUT2D eigenvalue weighted by molar-refractivity contribution is 5.85. The number of nitrogens with zero attached hydrogens (tertiary/aromatic N) is 1. The summed E-state index contributed by atoms with van der Waals surface area (Å²) in [5.74, 6) is 1.00. The Balaban J connectivity index is 2.36. The first-order valence-corrected chi connectivity index (χ1v) is 9.90. The van der Waals surface area contributed by atoms with Crippen LogP contribution in [0, 0.1) is 0 Å². The van der Waals surface area contributed by atoms with E-state index in [1.165, 1.54) is 19.3 Å². The van der Waals surface area contributed by atoms with Crippen molar-refractivity contribution in [3.05, 3.63) is 59.2 Å². The van der Waals surface area contributed by atoms with Gasteiger partial charge in [-0.3, -0.25) is 4.99 Å². The molecule has 3 heteroatoms. The van der Waals surface area contributed by atoms with E-state index in [4.69, 9.17) is 4.74 Å². The van der Waals surface area contributed by atoms with Crippen LogP contribution in [0.25, 0.3) is 0 Å². The van der Waals surface area contributed by atoms with Gasteiger partial charge < -0.3 is 9.84 Å². The van der Waals surface area contributed by atoms with Crippen molar-refractivity contribution in [3.8, 4) is 11.5 Å². The molecule has 3 nitrogen and oxygen atoms in total. The minimum absolute atomic E-state index is 0.243. The molecule has 1 N–H and O–H groups in total. The molecule has 2 aromatic carbocycles. The number of aliphatic imine (C=N–C) groups is 1. The predicted octanol–water partition coefficient (Wildman–Crippen LogP) is 6.11. The van der Waals surface area contributed by atoms with E-state index in [2.05, 4.69) is 44.8 Å². The molecule has 0 aliphatic heterocycles. The summed E-state index contributed by atoms with van der Waals surface area (Å²) in [5, 5.41) is 11.0. The fourth-order valence-corrected chi connectivity index (χ4v) is 3.30. The average Bonchev–Trinajstić information content (AvgIpc) is 2.68. The van der Waals surface area contributed by atoms with Crippen LogP contribution in [0.1, 0.15) is 70.1 Å². The molecule has 27 heavy (non-hydrogen) atoms. The van der Waals surface area contributed by atoms with Crippen LogP contribution in [0.4, 0.5) is 0 Å². The van der Waals surface area contributed by atoms with E-state index in [1.807, 2.05) is 30.3 Å². The van der Waals surface area contributed by atoms with Crippen LogP contribution in [0.5, 0.6) is 11.5 Å². The summed E-state index contributed by atoms with van der Waals surface area (Å²) in [4.78, 5) is 4.66. The van der Waals surface area contributed by atoms with Crippen molar-refractivity contribution in [1.82, 2.24) is 0 Å². The molecule has 2 aromatic rings. The van der Waals surface area contributed by atoms with Gasteiger partial charge in [-0.2, -0.15) is 0 Å². The number of benzene rings is 2. The zero-order valence-electron chi connectivity index (χ0n) is 17.3. The summed E-state index contributed by atoms with van der Waals surface area (Å²) in [7, 11) is 1.65. The monoisotopic (exact) mass is 367 g/mol. The van der Waals surface area contributed by atoms with E-state index < -0.39 is 0 Å². The highest BCUT2D eigenvalue weighted by Crippen LogP contribution is 2.40. The molecule has 0 amide bonds. The molecule has 1 unspecified atom stereocenters. The van der Waals surface area contributed by atoms with E-state index in [-0.39, 0.29) is 17.2 Å². The van der Waals surface area contributed by atoms with Crippen LogP contribution < -0.4 is 4.74 Å². The number of methoxy groups -OCH3 is 1. The highest BCUT2D eigenvalue weighted by atomic mass is 16.5. The Morgan fingerprint density at radius 2 is 1.85 bits per heavy atom. The van der Waals surface area contributed by atoms with Gasteiger partial charge in [-0.15, -0.1) is 0 Å². The van der Waals surface area contributed by atoms with Gasteiger partial charge >= 0.3 is 0 Å². The predicted molar refractivity (Wildman–Crippen MR) is 114 cm³/mol. The molecular formula is C24H33NO2. The molecular weight excluding hydrogens is 334 g/mol. The van der Waals surface area contributed by atoms with Gasteiger partial charge in [-0.05, 0) is 31.0 Å². The van der Waals surface area contributed by atoms with Crippen molar-refractivity contribution in [1.29, 1.82) is 0 Å². The Morgan fingerprint density at radius 1 is 1.15 bits per heavy atom. The Hall–Kier alpha value is -2.29. The lowest BCUT2D eigenvalue weighted by molar-refractivity contribution is 0.407. The molecule has 0 heterocycles. The standard InChI is InChI=1S/C24H33NO2/c1-6-7-9-12-18(2)25-17-19-15-21(27-5)16-22(23(19)26)24(3,4)20-13-10-8-11-14-20/h8,10-11,13-18,26H,6-7,9,12H2,1-5H3. The summed E-state index contributed by atoms with van der Waals surface area (Å²) in [5.41, 5.74) is 2.34. The fourth-order valence-electron chi connectivity index (χ4n) is 3.30. The van der Waals surface area contributed by atoms with E-state index in [0.29, 0.717) is 5.56 Å². The molecule has 1 atom stereocenters.